The Morgan fingerprint density at radius 2 is 1.81 bits per heavy atom. The van der Waals surface area contributed by atoms with Crippen molar-refractivity contribution in [1.82, 2.24) is 4.90 Å². The molecule has 136 valence electrons. The molecule has 1 heterocycles. The van der Waals surface area contributed by atoms with Gasteiger partial charge in [-0.1, -0.05) is 23.2 Å². The van der Waals surface area contributed by atoms with E-state index in [-0.39, 0.29) is 16.8 Å². The molecule has 0 aromatic heterocycles. The molecule has 5 nitrogen and oxygen atoms in total. The average molecular weight is 393 g/mol. The Balaban J connectivity index is 1.79. The largest absolute Gasteiger partial charge is 0.497 e. The van der Waals surface area contributed by atoms with Crippen molar-refractivity contribution < 1.29 is 14.3 Å². The van der Waals surface area contributed by atoms with Crippen LogP contribution in [0.4, 0.5) is 5.69 Å². The number of amides is 2. The van der Waals surface area contributed by atoms with Gasteiger partial charge >= 0.3 is 0 Å². The summed E-state index contributed by atoms with van der Waals surface area (Å²) in [5.41, 5.74) is 1.12. The van der Waals surface area contributed by atoms with Gasteiger partial charge in [-0.15, -0.1) is 0 Å². The van der Waals surface area contributed by atoms with Gasteiger partial charge < -0.3 is 14.5 Å². The van der Waals surface area contributed by atoms with Crippen LogP contribution in [-0.4, -0.2) is 43.0 Å². The van der Waals surface area contributed by atoms with Crippen LogP contribution in [0.3, 0.4) is 0 Å². The molecule has 0 N–H and O–H groups in total. The minimum atomic E-state index is -0.593. The van der Waals surface area contributed by atoms with Crippen LogP contribution in [0.25, 0.3) is 0 Å². The fraction of sp³-hybridized carbons (Fsp3) is 0.263. The van der Waals surface area contributed by atoms with Gasteiger partial charge in [0.25, 0.3) is 5.91 Å². The summed E-state index contributed by atoms with van der Waals surface area (Å²) in [5.74, 6) is 0.308. The van der Waals surface area contributed by atoms with Gasteiger partial charge in [0.1, 0.15) is 11.8 Å². The Morgan fingerprint density at radius 1 is 1.12 bits per heavy atom. The summed E-state index contributed by atoms with van der Waals surface area (Å²) in [6.45, 7) is 2.54. The first kappa shape index (κ1) is 18.5. The summed E-state index contributed by atoms with van der Waals surface area (Å²) >= 11 is 12.0. The van der Waals surface area contributed by atoms with Crippen molar-refractivity contribution in [3.8, 4) is 5.75 Å². The minimum absolute atomic E-state index is 0.139. The molecule has 2 amide bonds. The Kier molecular flexibility index (Phi) is 5.39. The predicted octanol–water partition coefficient (Wildman–Crippen LogP) is 3.88. The SMILES string of the molecule is COc1ccc(N2CCN(C(=O)c3ccc(Cl)cc3Cl)[C@@H](C)C2=O)cc1. The van der Waals surface area contributed by atoms with Gasteiger partial charge in [-0.3, -0.25) is 9.59 Å². The van der Waals surface area contributed by atoms with Crippen LogP contribution < -0.4 is 9.64 Å². The summed E-state index contributed by atoms with van der Waals surface area (Å²) in [6, 6.07) is 11.4. The van der Waals surface area contributed by atoms with E-state index in [2.05, 4.69) is 0 Å². The maximum atomic E-state index is 12.8. The smallest absolute Gasteiger partial charge is 0.256 e. The molecule has 0 radical (unpaired) electrons. The maximum absolute atomic E-state index is 12.8. The number of rotatable bonds is 3. The summed E-state index contributed by atoms with van der Waals surface area (Å²) in [5, 5.41) is 0.736. The quantitative estimate of drug-likeness (QED) is 0.796. The maximum Gasteiger partial charge on any atom is 0.256 e. The van der Waals surface area contributed by atoms with Crippen molar-refractivity contribution in [2.24, 2.45) is 0 Å². The van der Waals surface area contributed by atoms with E-state index in [1.807, 2.05) is 12.1 Å². The van der Waals surface area contributed by atoms with E-state index in [1.54, 1.807) is 43.2 Å². The molecule has 26 heavy (non-hydrogen) atoms. The Hall–Kier alpha value is -2.24. The molecule has 7 heteroatoms. The molecule has 1 saturated heterocycles. The fourth-order valence-electron chi connectivity index (χ4n) is 2.98. The Morgan fingerprint density at radius 3 is 2.42 bits per heavy atom. The third-order valence-electron chi connectivity index (χ3n) is 4.46. The lowest BCUT2D eigenvalue weighted by Gasteiger charge is -2.39. The zero-order chi connectivity index (χ0) is 18.8. The van der Waals surface area contributed by atoms with Gasteiger partial charge in [-0.25, -0.2) is 0 Å². The number of piperazine rings is 1. The van der Waals surface area contributed by atoms with Crippen LogP contribution in [0.5, 0.6) is 5.75 Å². The number of methoxy groups -OCH3 is 1. The van der Waals surface area contributed by atoms with Crippen LogP contribution in [-0.2, 0) is 4.79 Å². The van der Waals surface area contributed by atoms with Gasteiger partial charge in [-0.2, -0.15) is 0 Å². The lowest BCUT2D eigenvalue weighted by Crippen LogP contribution is -2.57. The minimum Gasteiger partial charge on any atom is -0.497 e. The van der Waals surface area contributed by atoms with Gasteiger partial charge in [0, 0.05) is 23.8 Å². The Labute approximate surface area is 162 Å². The lowest BCUT2D eigenvalue weighted by atomic mass is 10.1. The van der Waals surface area contributed by atoms with E-state index in [9.17, 15) is 9.59 Å². The monoisotopic (exact) mass is 392 g/mol. The lowest BCUT2D eigenvalue weighted by molar-refractivity contribution is -0.124. The van der Waals surface area contributed by atoms with E-state index in [0.717, 1.165) is 11.4 Å². The summed E-state index contributed by atoms with van der Waals surface area (Å²) in [6.07, 6.45) is 0. The van der Waals surface area contributed by atoms with Crippen LogP contribution >= 0.6 is 23.2 Å². The summed E-state index contributed by atoms with van der Waals surface area (Å²) in [7, 11) is 1.59. The van der Waals surface area contributed by atoms with Crippen molar-refractivity contribution in [3.05, 3.63) is 58.1 Å². The molecular formula is C19H18Cl2N2O3. The van der Waals surface area contributed by atoms with Crippen molar-refractivity contribution in [1.29, 1.82) is 0 Å². The van der Waals surface area contributed by atoms with Crippen LogP contribution in [0.1, 0.15) is 17.3 Å². The third kappa shape index (κ3) is 3.50. The molecule has 1 atom stereocenters. The molecule has 2 aromatic carbocycles. The van der Waals surface area contributed by atoms with Gasteiger partial charge in [0.2, 0.25) is 5.91 Å². The number of ether oxygens (including phenoxy) is 1. The number of hydrogen-bond acceptors (Lipinski definition) is 3. The number of benzene rings is 2. The van der Waals surface area contributed by atoms with Gasteiger partial charge in [0.05, 0.1) is 17.7 Å². The molecule has 0 unspecified atom stereocenters. The summed E-state index contributed by atoms with van der Waals surface area (Å²) in [4.78, 5) is 28.9. The second-order valence-electron chi connectivity index (χ2n) is 5.99. The van der Waals surface area contributed by atoms with E-state index in [0.29, 0.717) is 23.7 Å². The van der Waals surface area contributed by atoms with Crippen molar-refractivity contribution in [3.63, 3.8) is 0 Å². The topological polar surface area (TPSA) is 49.9 Å². The highest BCUT2D eigenvalue weighted by atomic mass is 35.5. The van der Waals surface area contributed by atoms with Crippen molar-refractivity contribution >= 4 is 40.7 Å². The first-order chi connectivity index (χ1) is 12.4. The number of nitrogens with zero attached hydrogens (tertiary/aromatic N) is 2. The number of carbonyl (C=O) groups excluding carboxylic acids is 2. The molecule has 1 fully saturated rings. The van der Waals surface area contributed by atoms with Crippen LogP contribution in [0, 0.1) is 0 Å². The normalized spacial score (nSPS) is 17.4. The van der Waals surface area contributed by atoms with Crippen LogP contribution in [0.2, 0.25) is 10.0 Å². The zero-order valence-corrected chi connectivity index (χ0v) is 15.9. The van der Waals surface area contributed by atoms with E-state index in [4.69, 9.17) is 27.9 Å². The molecule has 0 bridgehead atoms. The molecule has 3 rings (SSSR count). The second-order valence-corrected chi connectivity index (χ2v) is 6.83. The van der Waals surface area contributed by atoms with E-state index in [1.165, 1.54) is 11.0 Å². The molecule has 0 saturated carbocycles. The number of carbonyl (C=O) groups is 2. The molecule has 1 aliphatic heterocycles. The first-order valence-corrected chi connectivity index (χ1v) is 8.89. The average Bonchev–Trinajstić information content (AvgIpc) is 2.63. The summed E-state index contributed by atoms with van der Waals surface area (Å²) < 4.78 is 5.14. The van der Waals surface area contributed by atoms with E-state index >= 15 is 0 Å². The van der Waals surface area contributed by atoms with Crippen molar-refractivity contribution in [2.75, 3.05) is 25.1 Å². The van der Waals surface area contributed by atoms with E-state index < -0.39 is 6.04 Å². The van der Waals surface area contributed by atoms with Gasteiger partial charge in [0.15, 0.2) is 0 Å². The van der Waals surface area contributed by atoms with Crippen LogP contribution in [0.15, 0.2) is 42.5 Å². The Bertz CT molecular complexity index is 839. The molecule has 2 aromatic rings. The zero-order valence-electron chi connectivity index (χ0n) is 14.4. The standard InChI is InChI=1S/C19H18Cl2N2O3/c1-12-18(24)23(14-4-6-15(26-2)7-5-14)10-9-22(12)19(25)16-8-3-13(20)11-17(16)21/h3-8,11-12H,9-10H2,1-2H3/t12-/m0/s1. The first-order valence-electron chi connectivity index (χ1n) is 8.14. The molecular weight excluding hydrogens is 375 g/mol. The highest BCUT2D eigenvalue weighted by Gasteiger charge is 2.35. The number of halogens is 2. The molecule has 0 aliphatic carbocycles. The molecule has 0 spiro atoms. The second kappa shape index (κ2) is 7.56. The van der Waals surface area contributed by atoms with Crippen molar-refractivity contribution in [2.45, 2.75) is 13.0 Å². The number of hydrogen-bond donors (Lipinski definition) is 0. The van der Waals surface area contributed by atoms with Gasteiger partial charge in [-0.05, 0) is 49.4 Å². The number of anilines is 1. The fourth-order valence-corrected chi connectivity index (χ4v) is 3.47. The highest BCUT2D eigenvalue weighted by molar-refractivity contribution is 6.36. The molecule has 1 aliphatic rings. The highest BCUT2D eigenvalue weighted by Crippen LogP contribution is 2.26. The third-order valence-corrected chi connectivity index (χ3v) is 5.01. The predicted molar refractivity (Wildman–Crippen MR) is 102 cm³/mol.